The summed E-state index contributed by atoms with van der Waals surface area (Å²) in [5, 5.41) is 3.25. The van der Waals surface area contributed by atoms with Gasteiger partial charge >= 0.3 is 0 Å². The molecule has 1 amide bonds. The van der Waals surface area contributed by atoms with Gasteiger partial charge in [0.15, 0.2) is 11.6 Å². The third-order valence-corrected chi connectivity index (χ3v) is 3.87. The van der Waals surface area contributed by atoms with Gasteiger partial charge in [0, 0.05) is 31.2 Å². The Morgan fingerprint density at radius 2 is 2.11 bits per heavy atom. The lowest BCUT2D eigenvalue weighted by atomic mass is 10.0. The second kappa shape index (κ2) is 4.31. The minimum atomic E-state index is -0.971. The number of amides is 1. The number of likely N-dealkylation sites (tertiary alicyclic amines) is 1. The molecule has 1 aromatic rings. The van der Waals surface area contributed by atoms with Crippen LogP contribution in [-0.2, 0) is 0 Å². The van der Waals surface area contributed by atoms with Gasteiger partial charge in [-0.3, -0.25) is 4.79 Å². The van der Waals surface area contributed by atoms with E-state index < -0.39 is 11.6 Å². The van der Waals surface area contributed by atoms with Crippen molar-refractivity contribution >= 4 is 5.91 Å². The first-order valence-corrected chi connectivity index (χ1v) is 6.13. The van der Waals surface area contributed by atoms with E-state index in [0.717, 1.165) is 31.6 Å². The van der Waals surface area contributed by atoms with Gasteiger partial charge in [-0.2, -0.15) is 0 Å². The maximum absolute atomic E-state index is 13.1. The van der Waals surface area contributed by atoms with Crippen LogP contribution in [0.5, 0.6) is 0 Å². The fraction of sp³-hybridized carbons (Fsp3) is 0.462. The number of carbonyl (C=O) groups excluding carboxylic acids is 1. The highest BCUT2D eigenvalue weighted by atomic mass is 19.2. The number of carbonyl (C=O) groups is 1. The average molecular weight is 252 g/mol. The number of rotatable bonds is 1. The molecule has 0 saturated carbocycles. The highest BCUT2D eigenvalue weighted by Crippen LogP contribution is 2.28. The van der Waals surface area contributed by atoms with Crippen LogP contribution in [0.1, 0.15) is 16.8 Å². The first kappa shape index (κ1) is 11.6. The molecule has 2 saturated heterocycles. The standard InChI is InChI=1S/C13H14F2N2O/c14-10-2-1-8(5-11(10)15)13(18)17-4-3-9-6-16-7-12(9)17/h1-2,5,9,12,16H,3-4,6-7H2/t9-,12+/m0/s1. The number of hydrogen-bond acceptors (Lipinski definition) is 2. The second-order valence-corrected chi connectivity index (χ2v) is 4.90. The number of fused-ring (bicyclic) bond motifs is 1. The molecule has 1 aromatic carbocycles. The molecule has 0 unspecified atom stereocenters. The molecule has 0 bridgehead atoms. The van der Waals surface area contributed by atoms with E-state index in [1.54, 1.807) is 4.90 Å². The van der Waals surface area contributed by atoms with Gasteiger partial charge in [-0.1, -0.05) is 0 Å². The summed E-state index contributed by atoms with van der Waals surface area (Å²) < 4.78 is 26.0. The van der Waals surface area contributed by atoms with Gasteiger partial charge < -0.3 is 10.2 Å². The van der Waals surface area contributed by atoms with E-state index in [2.05, 4.69) is 5.32 Å². The van der Waals surface area contributed by atoms with Crippen molar-refractivity contribution in [2.75, 3.05) is 19.6 Å². The van der Waals surface area contributed by atoms with Crippen LogP contribution < -0.4 is 5.32 Å². The number of hydrogen-bond donors (Lipinski definition) is 1. The Kier molecular flexibility index (Phi) is 2.78. The van der Waals surface area contributed by atoms with Crippen LogP contribution in [0.15, 0.2) is 18.2 Å². The van der Waals surface area contributed by atoms with E-state index in [1.807, 2.05) is 0 Å². The van der Waals surface area contributed by atoms with Crippen LogP contribution in [0.3, 0.4) is 0 Å². The summed E-state index contributed by atoms with van der Waals surface area (Å²) in [4.78, 5) is 14.0. The maximum atomic E-state index is 13.1. The molecule has 2 heterocycles. The fourth-order valence-corrected chi connectivity index (χ4v) is 2.90. The van der Waals surface area contributed by atoms with Gasteiger partial charge in [0.25, 0.3) is 5.91 Å². The molecule has 3 rings (SSSR count). The van der Waals surface area contributed by atoms with Crippen LogP contribution in [0.25, 0.3) is 0 Å². The quantitative estimate of drug-likeness (QED) is 0.819. The van der Waals surface area contributed by atoms with Gasteiger partial charge in [-0.05, 0) is 30.5 Å². The van der Waals surface area contributed by atoms with Crippen LogP contribution in [0.4, 0.5) is 8.78 Å². The van der Waals surface area contributed by atoms with E-state index in [4.69, 9.17) is 0 Å². The molecule has 5 heteroatoms. The third-order valence-electron chi connectivity index (χ3n) is 3.87. The molecule has 0 spiro atoms. The van der Waals surface area contributed by atoms with Crippen molar-refractivity contribution in [2.45, 2.75) is 12.5 Å². The second-order valence-electron chi connectivity index (χ2n) is 4.90. The largest absolute Gasteiger partial charge is 0.334 e. The van der Waals surface area contributed by atoms with Crippen molar-refractivity contribution in [3.8, 4) is 0 Å². The van der Waals surface area contributed by atoms with Gasteiger partial charge in [0.2, 0.25) is 0 Å². The number of nitrogens with zero attached hydrogens (tertiary/aromatic N) is 1. The van der Waals surface area contributed by atoms with Crippen LogP contribution in [0, 0.1) is 17.6 Å². The summed E-state index contributed by atoms with van der Waals surface area (Å²) in [5.74, 6) is -1.60. The Balaban J connectivity index is 1.84. The summed E-state index contributed by atoms with van der Waals surface area (Å²) in [5.41, 5.74) is 0.224. The molecule has 3 nitrogen and oxygen atoms in total. The minimum Gasteiger partial charge on any atom is -0.334 e. The summed E-state index contributed by atoms with van der Waals surface area (Å²) in [6.45, 7) is 2.43. The predicted octanol–water partition coefficient (Wildman–Crippen LogP) is 1.40. The van der Waals surface area contributed by atoms with E-state index in [1.165, 1.54) is 6.07 Å². The Labute approximate surface area is 104 Å². The lowest BCUT2D eigenvalue weighted by Crippen LogP contribution is -2.39. The Bertz CT molecular complexity index is 492. The van der Waals surface area contributed by atoms with Gasteiger partial charge in [-0.15, -0.1) is 0 Å². The molecule has 0 aliphatic carbocycles. The predicted molar refractivity (Wildman–Crippen MR) is 62.2 cm³/mol. The highest BCUT2D eigenvalue weighted by Gasteiger charge is 2.40. The van der Waals surface area contributed by atoms with Crippen molar-refractivity contribution in [1.29, 1.82) is 0 Å². The Morgan fingerprint density at radius 1 is 1.28 bits per heavy atom. The lowest BCUT2D eigenvalue weighted by molar-refractivity contribution is 0.0736. The normalized spacial score (nSPS) is 26.4. The van der Waals surface area contributed by atoms with E-state index in [-0.39, 0.29) is 17.5 Å². The molecule has 1 N–H and O–H groups in total. The molecular weight excluding hydrogens is 238 g/mol. The summed E-state index contributed by atoms with van der Waals surface area (Å²) in [6.07, 6.45) is 0.979. The van der Waals surface area contributed by atoms with Crippen LogP contribution in [-0.4, -0.2) is 36.5 Å². The summed E-state index contributed by atoms with van der Waals surface area (Å²) in [6, 6.07) is 3.53. The lowest BCUT2D eigenvalue weighted by Gasteiger charge is -2.23. The molecule has 18 heavy (non-hydrogen) atoms. The average Bonchev–Trinajstić information content (AvgIpc) is 2.93. The first-order chi connectivity index (χ1) is 8.66. The Hall–Kier alpha value is -1.49. The molecule has 0 aromatic heterocycles. The van der Waals surface area contributed by atoms with Crippen molar-refractivity contribution in [3.63, 3.8) is 0 Å². The van der Waals surface area contributed by atoms with Crippen LogP contribution >= 0.6 is 0 Å². The van der Waals surface area contributed by atoms with Crippen molar-refractivity contribution in [1.82, 2.24) is 10.2 Å². The van der Waals surface area contributed by atoms with Crippen molar-refractivity contribution in [3.05, 3.63) is 35.4 Å². The molecule has 2 fully saturated rings. The first-order valence-electron chi connectivity index (χ1n) is 6.13. The molecular formula is C13H14F2N2O. The number of halogens is 2. The monoisotopic (exact) mass is 252 g/mol. The molecule has 96 valence electrons. The number of benzene rings is 1. The van der Waals surface area contributed by atoms with Crippen LogP contribution in [0.2, 0.25) is 0 Å². The Morgan fingerprint density at radius 3 is 2.89 bits per heavy atom. The molecule has 2 atom stereocenters. The van der Waals surface area contributed by atoms with Gasteiger partial charge in [-0.25, -0.2) is 8.78 Å². The van der Waals surface area contributed by atoms with E-state index in [9.17, 15) is 13.6 Å². The smallest absolute Gasteiger partial charge is 0.254 e. The van der Waals surface area contributed by atoms with Gasteiger partial charge in [0.1, 0.15) is 0 Å². The topological polar surface area (TPSA) is 32.3 Å². The fourth-order valence-electron chi connectivity index (χ4n) is 2.90. The third kappa shape index (κ3) is 1.79. The summed E-state index contributed by atoms with van der Waals surface area (Å²) >= 11 is 0. The van der Waals surface area contributed by atoms with E-state index in [0.29, 0.717) is 12.5 Å². The zero-order valence-electron chi connectivity index (χ0n) is 9.83. The zero-order valence-corrected chi connectivity index (χ0v) is 9.83. The zero-order chi connectivity index (χ0) is 12.7. The SMILES string of the molecule is O=C(c1ccc(F)c(F)c1)N1CC[C@H]2CNC[C@H]21. The summed E-state index contributed by atoms with van der Waals surface area (Å²) in [7, 11) is 0. The minimum absolute atomic E-state index is 0.200. The molecule has 2 aliphatic heterocycles. The highest BCUT2D eigenvalue weighted by molar-refractivity contribution is 5.94. The maximum Gasteiger partial charge on any atom is 0.254 e. The van der Waals surface area contributed by atoms with Crippen molar-refractivity contribution < 1.29 is 13.6 Å². The van der Waals surface area contributed by atoms with Gasteiger partial charge in [0.05, 0.1) is 0 Å². The van der Waals surface area contributed by atoms with E-state index >= 15 is 0 Å². The molecule has 0 radical (unpaired) electrons. The number of nitrogens with one attached hydrogen (secondary N) is 1. The molecule has 2 aliphatic rings. The van der Waals surface area contributed by atoms with Crippen molar-refractivity contribution in [2.24, 2.45) is 5.92 Å².